The molecule has 1 aromatic heterocycles. The zero-order valence-electron chi connectivity index (χ0n) is 11.3. The van der Waals surface area contributed by atoms with E-state index in [1.807, 2.05) is 0 Å². The second kappa shape index (κ2) is 5.83. The van der Waals surface area contributed by atoms with Gasteiger partial charge in [0.25, 0.3) is 0 Å². The lowest BCUT2D eigenvalue weighted by molar-refractivity contribution is -0.119. The second-order valence-corrected chi connectivity index (χ2v) is 4.54. The van der Waals surface area contributed by atoms with Gasteiger partial charge in [0.1, 0.15) is 0 Å². The van der Waals surface area contributed by atoms with Gasteiger partial charge in [-0.25, -0.2) is 4.39 Å². The molecule has 106 valence electrons. The van der Waals surface area contributed by atoms with Crippen molar-refractivity contribution < 1.29 is 13.9 Å². The monoisotopic (exact) mass is 277 g/mol. The number of nitrogens with two attached hydrogens (primary N) is 1. The molecule has 0 fully saturated rings. The van der Waals surface area contributed by atoms with Crippen molar-refractivity contribution >= 4 is 5.78 Å². The fraction of sp³-hybridized carbons (Fsp3) is 0.286. The molecular formula is C14H16FN3O2. The summed E-state index contributed by atoms with van der Waals surface area (Å²) in [5.74, 6) is -0.534. The number of carbonyl (C=O) groups excluding carboxylic acids is 1. The van der Waals surface area contributed by atoms with Gasteiger partial charge in [0.15, 0.2) is 17.3 Å². The number of methoxy groups -OCH3 is 1. The van der Waals surface area contributed by atoms with Gasteiger partial charge < -0.3 is 10.5 Å². The third-order valence-corrected chi connectivity index (χ3v) is 3.03. The predicted octanol–water partition coefficient (Wildman–Crippen LogP) is 1.38. The number of halogens is 1. The fourth-order valence-corrected chi connectivity index (χ4v) is 1.92. The van der Waals surface area contributed by atoms with Gasteiger partial charge >= 0.3 is 0 Å². The van der Waals surface area contributed by atoms with Gasteiger partial charge in [0, 0.05) is 25.2 Å². The Morgan fingerprint density at radius 1 is 1.55 bits per heavy atom. The molecular weight excluding hydrogens is 261 g/mol. The lowest BCUT2D eigenvalue weighted by Crippen LogP contribution is -2.22. The van der Waals surface area contributed by atoms with Gasteiger partial charge in [0.05, 0.1) is 19.3 Å². The van der Waals surface area contributed by atoms with E-state index in [1.54, 1.807) is 30.2 Å². The largest absolute Gasteiger partial charge is 0.494 e. The molecule has 0 bridgehead atoms. The quantitative estimate of drug-likeness (QED) is 0.896. The molecule has 0 aliphatic rings. The van der Waals surface area contributed by atoms with Crippen LogP contribution in [-0.2, 0) is 18.3 Å². The van der Waals surface area contributed by atoms with Crippen molar-refractivity contribution in [2.75, 3.05) is 7.11 Å². The van der Waals surface area contributed by atoms with Crippen molar-refractivity contribution in [1.29, 1.82) is 0 Å². The summed E-state index contributed by atoms with van der Waals surface area (Å²) >= 11 is 0. The molecule has 0 spiro atoms. The maximum absolute atomic E-state index is 13.5. The number of aromatic nitrogens is 2. The zero-order chi connectivity index (χ0) is 14.7. The van der Waals surface area contributed by atoms with Crippen LogP contribution >= 0.6 is 0 Å². The molecule has 0 saturated carbocycles. The first-order chi connectivity index (χ1) is 9.51. The van der Waals surface area contributed by atoms with E-state index in [0.29, 0.717) is 11.1 Å². The summed E-state index contributed by atoms with van der Waals surface area (Å²) < 4.78 is 20.0. The standard InChI is InChI=1S/C14H16FN3O2/c1-18-8-10(7-17-18)14(16)12(19)6-9-3-4-13(20-2)11(15)5-9/h3-5,7-8,14H,6,16H2,1-2H3. The Labute approximate surface area is 116 Å². The number of aryl methyl sites for hydroxylation is 1. The molecule has 0 aliphatic heterocycles. The molecule has 2 rings (SSSR count). The summed E-state index contributed by atoms with van der Waals surface area (Å²) in [6.07, 6.45) is 3.31. The van der Waals surface area contributed by atoms with Crippen molar-refractivity contribution in [3.63, 3.8) is 0 Å². The first kappa shape index (κ1) is 14.2. The first-order valence-electron chi connectivity index (χ1n) is 6.10. The SMILES string of the molecule is COc1ccc(CC(=O)C(N)c2cnn(C)c2)cc1F. The maximum atomic E-state index is 13.5. The molecule has 0 amide bonds. The van der Waals surface area contributed by atoms with Gasteiger partial charge in [-0.05, 0) is 17.7 Å². The third kappa shape index (κ3) is 3.03. The summed E-state index contributed by atoms with van der Waals surface area (Å²) in [5.41, 5.74) is 7.08. The lowest BCUT2D eigenvalue weighted by atomic mass is 10.0. The van der Waals surface area contributed by atoms with E-state index in [2.05, 4.69) is 5.10 Å². The van der Waals surface area contributed by atoms with Crippen molar-refractivity contribution in [3.8, 4) is 5.75 Å². The minimum absolute atomic E-state index is 0.0664. The highest BCUT2D eigenvalue weighted by molar-refractivity contribution is 5.86. The number of rotatable bonds is 5. The van der Waals surface area contributed by atoms with Crippen LogP contribution in [0.15, 0.2) is 30.6 Å². The van der Waals surface area contributed by atoms with E-state index in [9.17, 15) is 9.18 Å². The Morgan fingerprint density at radius 2 is 2.30 bits per heavy atom. The highest BCUT2D eigenvalue weighted by Crippen LogP contribution is 2.19. The van der Waals surface area contributed by atoms with Gasteiger partial charge in [-0.2, -0.15) is 5.10 Å². The van der Waals surface area contributed by atoms with E-state index in [0.717, 1.165) is 0 Å². The normalized spacial score (nSPS) is 12.2. The highest BCUT2D eigenvalue weighted by Gasteiger charge is 2.18. The Morgan fingerprint density at radius 3 is 2.85 bits per heavy atom. The highest BCUT2D eigenvalue weighted by atomic mass is 19.1. The first-order valence-corrected chi connectivity index (χ1v) is 6.10. The second-order valence-electron chi connectivity index (χ2n) is 4.54. The number of hydrogen-bond donors (Lipinski definition) is 1. The predicted molar refractivity (Wildman–Crippen MR) is 71.8 cm³/mol. The summed E-state index contributed by atoms with van der Waals surface area (Å²) in [7, 11) is 3.14. The number of Topliss-reactive ketones (excluding diaryl/α,β-unsaturated/α-hetero) is 1. The number of carbonyl (C=O) groups is 1. The molecule has 5 nitrogen and oxygen atoms in total. The van der Waals surface area contributed by atoms with Crippen LogP contribution in [0.1, 0.15) is 17.2 Å². The van der Waals surface area contributed by atoms with Crippen molar-refractivity contribution in [2.45, 2.75) is 12.5 Å². The molecule has 1 aromatic carbocycles. The molecule has 1 heterocycles. The lowest BCUT2D eigenvalue weighted by Gasteiger charge is -2.09. The topological polar surface area (TPSA) is 70.1 Å². The van der Waals surface area contributed by atoms with E-state index in [4.69, 9.17) is 10.5 Å². The molecule has 0 radical (unpaired) electrons. The molecule has 2 aromatic rings. The molecule has 1 atom stereocenters. The van der Waals surface area contributed by atoms with Gasteiger partial charge in [-0.15, -0.1) is 0 Å². The van der Waals surface area contributed by atoms with Crippen molar-refractivity contribution in [2.24, 2.45) is 12.8 Å². The van der Waals surface area contributed by atoms with Crippen LogP contribution in [-0.4, -0.2) is 22.7 Å². The molecule has 0 saturated heterocycles. The number of hydrogen-bond acceptors (Lipinski definition) is 4. The van der Waals surface area contributed by atoms with Crippen LogP contribution in [0.3, 0.4) is 0 Å². The maximum Gasteiger partial charge on any atom is 0.165 e. The van der Waals surface area contributed by atoms with E-state index < -0.39 is 11.9 Å². The zero-order valence-corrected chi connectivity index (χ0v) is 11.3. The number of ketones is 1. The van der Waals surface area contributed by atoms with E-state index >= 15 is 0 Å². The summed E-state index contributed by atoms with van der Waals surface area (Å²) in [6, 6.07) is 3.67. The summed E-state index contributed by atoms with van der Waals surface area (Å²) in [6.45, 7) is 0. The minimum atomic E-state index is -0.756. The smallest absolute Gasteiger partial charge is 0.165 e. The third-order valence-electron chi connectivity index (χ3n) is 3.03. The van der Waals surface area contributed by atoms with Crippen LogP contribution in [0.25, 0.3) is 0 Å². The minimum Gasteiger partial charge on any atom is -0.494 e. The average molecular weight is 277 g/mol. The van der Waals surface area contributed by atoms with E-state index in [1.165, 1.54) is 19.2 Å². The van der Waals surface area contributed by atoms with Crippen LogP contribution < -0.4 is 10.5 Å². The number of nitrogens with zero attached hydrogens (tertiary/aromatic N) is 2. The Balaban J connectivity index is 2.09. The molecule has 6 heteroatoms. The van der Waals surface area contributed by atoms with E-state index in [-0.39, 0.29) is 18.0 Å². The van der Waals surface area contributed by atoms with Crippen molar-refractivity contribution in [1.82, 2.24) is 9.78 Å². The molecule has 20 heavy (non-hydrogen) atoms. The van der Waals surface area contributed by atoms with Crippen LogP contribution in [0, 0.1) is 5.82 Å². The molecule has 0 aliphatic carbocycles. The average Bonchev–Trinajstić information content (AvgIpc) is 2.84. The molecule has 2 N–H and O–H groups in total. The Hall–Kier alpha value is -2.21. The Bertz CT molecular complexity index is 625. The van der Waals surface area contributed by atoms with Gasteiger partial charge in [-0.3, -0.25) is 9.48 Å². The van der Waals surface area contributed by atoms with Gasteiger partial charge in [-0.1, -0.05) is 6.07 Å². The van der Waals surface area contributed by atoms with Crippen LogP contribution in [0.4, 0.5) is 4.39 Å². The van der Waals surface area contributed by atoms with Gasteiger partial charge in [0.2, 0.25) is 0 Å². The Kier molecular flexibility index (Phi) is 4.14. The number of benzene rings is 1. The summed E-state index contributed by atoms with van der Waals surface area (Å²) in [5, 5.41) is 3.97. The van der Waals surface area contributed by atoms with Crippen LogP contribution in [0.2, 0.25) is 0 Å². The fourth-order valence-electron chi connectivity index (χ4n) is 1.92. The van der Waals surface area contributed by atoms with Crippen molar-refractivity contribution in [3.05, 3.63) is 47.5 Å². The van der Waals surface area contributed by atoms with Crippen LogP contribution in [0.5, 0.6) is 5.75 Å². The number of ether oxygens (including phenoxy) is 1. The molecule has 1 unspecified atom stereocenters. The summed E-state index contributed by atoms with van der Waals surface area (Å²) in [4.78, 5) is 12.1.